The smallest absolute Gasteiger partial charge is 0.166 e. The van der Waals surface area contributed by atoms with Gasteiger partial charge in [0.1, 0.15) is 0 Å². The van der Waals surface area contributed by atoms with Gasteiger partial charge in [-0.3, -0.25) is 0 Å². The lowest BCUT2D eigenvalue weighted by atomic mass is 10.2. The van der Waals surface area contributed by atoms with Crippen LogP contribution in [0.15, 0.2) is 23.3 Å². The van der Waals surface area contributed by atoms with E-state index in [9.17, 15) is 5.11 Å². The average molecular weight is 166 g/mol. The zero-order valence-electron chi connectivity index (χ0n) is 6.65. The molecule has 1 aromatic carbocycles. The Morgan fingerprint density at radius 3 is 2.83 bits per heavy atom. The Morgan fingerprint density at radius 2 is 2.17 bits per heavy atom. The molecule has 0 aliphatic heterocycles. The first kappa shape index (κ1) is 8.39. The van der Waals surface area contributed by atoms with Crippen LogP contribution in [0.25, 0.3) is 0 Å². The van der Waals surface area contributed by atoms with E-state index >= 15 is 0 Å². The molecule has 0 saturated heterocycles. The molecule has 0 aliphatic rings. The minimum atomic E-state index is -0.156. The zero-order chi connectivity index (χ0) is 8.97. The van der Waals surface area contributed by atoms with Crippen LogP contribution in [0, 0.1) is 0 Å². The summed E-state index contributed by atoms with van der Waals surface area (Å²) in [7, 11) is 1.65. The van der Waals surface area contributed by atoms with Crippen LogP contribution in [-0.4, -0.2) is 23.5 Å². The van der Waals surface area contributed by atoms with Gasteiger partial charge in [-0.25, -0.2) is 0 Å². The highest BCUT2D eigenvalue weighted by Gasteiger charge is 2.01. The monoisotopic (exact) mass is 166 g/mol. The summed E-state index contributed by atoms with van der Waals surface area (Å²) in [4.78, 5) is 0. The Kier molecular flexibility index (Phi) is 2.53. The predicted molar refractivity (Wildman–Crippen MR) is 46.4 cm³/mol. The van der Waals surface area contributed by atoms with Gasteiger partial charge in [-0.05, 0) is 12.1 Å². The topological polar surface area (TPSA) is 64.9 Å². The predicted octanol–water partition coefficient (Wildman–Crippen LogP) is 0.651. The maximum Gasteiger partial charge on any atom is 0.166 e. The minimum Gasteiger partial charge on any atom is -0.504 e. The molecule has 1 rings (SSSR count). The summed E-state index contributed by atoms with van der Waals surface area (Å²) in [5.74, 6) is -0.299. The third-order valence-electron chi connectivity index (χ3n) is 1.38. The lowest BCUT2D eigenvalue weighted by Gasteiger charge is -1.99. The molecule has 64 valence electrons. The first-order chi connectivity index (χ1) is 5.75. The van der Waals surface area contributed by atoms with Crippen molar-refractivity contribution < 1.29 is 10.2 Å². The van der Waals surface area contributed by atoms with Crippen molar-refractivity contribution in [2.45, 2.75) is 0 Å². The number of phenolic OH excluding ortho intramolecular Hbond substituents is 2. The summed E-state index contributed by atoms with van der Waals surface area (Å²) < 4.78 is 0. The van der Waals surface area contributed by atoms with Gasteiger partial charge < -0.3 is 15.6 Å². The normalized spacial score (nSPS) is 10.4. The van der Waals surface area contributed by atoms with Crippen LogP contribution < -0.4 is 5.43 Å². The number of aromatic hydroxyl groups is 2. The second-order valence-electron chi connectivity index (χ2n) is 2.20. The summed E-state index contributed by atoms with van der Waals surface area (Å²) >= 11 is 0. The number of nitrogens with one attached hydrogen (secondary N) is 1. The molecule has 3 N–H and O–H groups in total. The van der Waals surface area contributed by atoms with Crippen molar-refractivity contribution >= 4 is 6.21 Å². The van der Waals surface area contributed by atoms with Gasteiger partial charge in [0.15, 0.2) is 11.5 Å². The van der Waals surface area contributed by atoms with Gasteiger partial charge in [0.2, 0.25) is 0 Å². The second kappa shape index (κ2) is 3.61. The van der Waals surface area contributed by atoms with E-state index in [0.29, 0.717) is 5.56 Å². The SMILES string of the molecule is CN/N=C/c1cccc(O)c1O. The van der Waals surface area contributed by atoms with E-state index in [1.54, 1.807) is 19.2 Å². The number of phenols is 2. The van der Waals surface area contributed by atoms with Crippen molar-refractivity contribution in [1.29, 1.82) is 0 Å². The molecular formula is C8H10N2O2. The first-order valence-electron chi connectivity index (χ1n) is 3.46. The molecule has 1 aromatic rings. The molecule has 0 spiro atoms. The van der Waals surface area contributed by atoms with Crippen molar-refractivity contribution in [3.8, 4) is 11.5 Å². The van der Waals surface area contributed by atoms with Crippen LogP contribution in [0.2, 0.25) is 0 Å². The number of hydrazone groups is 1. The quantitative estimate of drug-likeness (QED) is 0.343. The standard InChI is InChI=1S/C8H10N2O2/c1-9-10-5-6-3-2-4-7(11)8(6)12/h2-5,9,11-12H,1H3/b10-5+. The van der Waals surface area contributed by atoms with Crippen molar-refractivity contribution in [2.24, 2.45) is 5.10 Å². The Morgan fingerprint density at radius 1 is 1.42 bits per heavy atom. The van der Waals surface area contributed by atoms with Crippen LogP contribution in [0.5, 0.6) is 11.5 Å². The zero-order valence-corrected chi connectivity index (χ0v) is 6.65. The van der Waals surface area contributed by atoms with Gasteiger partial charge >= 0.3 is 0 Å². The number of rotatable bonds is 2. The van der Waals surface area contributed by atoms with Gasteiger partial charge in [0.05, 0.1) is 6.21 Å². The molecule has 0 amide bonds. The molecule has 4 nitrogen and oxygen atoms in total. The first-order valence-corrected chi connectivity index (χ1v) is 3.46. The van der Waals surface area contributed by atoms with E-state index in [0.717, 1.165) is 0 Å². The molecule has 0 unspecified atom stereocenters. The van der Waals surface area contributed by atoms with Crippen LogP contribution in [-0.2, 0) is 0 Å². The lowest BCUT2D eigenvalue weighted by molar-refractivity contribution is 0.403. The largest absolute Gasteiger partial charge is 0.504 e. The second-order valence-corrected chi connectivity index (χ2v) is 2.20. The van der Waals surface area contributed by atoms with Crippen molar-refractivity contribution in [3.05, 3.63) is 23.8 Å². The maximum atomic E-state index is 9.26. The Bertz CT molecular complexity index is 297. The van der Waals surface area contributed by atoms with E-state index < -0.39 is 0 Å². The molecule has 0 atom stereocenters. The van der Waals surface area contributed by atoms with Gasteiger partial charge in [0, 0.05) is 12.6 Å². The van der Waals surface area contributed by atoms with Crippen LogP contribution in [0.3, 0.4) is 0 Å². The van der Waals surface area contributed by atoms with Crippen molar-refractivity contribution in [3.63, 3.8) is 0 Å². The van der Waals surface area contributed by atoms with Crippen LogP contribution in [0.4, 0.5) is 0 Å². The highest BCUT2D eigenvalue weighted by Crippen LogP contribution is 2.26. The number of hydrogen-bond acceptors (Lipinski definition) is 4. The Hall–Kier alpha value is -1.71. The van der Waals surface area contributed by atoms with E-state index in [1.807, 2.05) is 0 Å². The third-order valence-corrected chi connectivity index (χ3v) is 1.38. The van der Waals surface area contributed by atoms with Gasteiger partial charge in [0.25, 0.3) is 0 Å². The van der Waals surface area contributed by atoms with E-state index in [4.69, 9.17) is 5.11 Å². The number of benzene rings is 1. The number of nitrogens with zero attached hydrogens (tertiary/aromatic N) is 1. The van der Waals surface area contributed by atoms with Crippen molar-refractivity contribution in [1.82, 2.24) is 5.43 Å². The Balaban J connectivity index is 3.00. The molecule has 0 aromatic heterocycles. The van der Waals surface area contributed by atoms with Crippen LogP contribution >= 0.6 is 0 Å². The van der Waals surface area contributed by atoms with E-state index in [1.165, 1.54) is 12.3 Å². The molecule has 0 heterocycles. The molecule has 0 saturated carbocycles. The summed E-state index contributed by atoms with van der Waals surface area (Å²) in [6.45, 7) is 0. The molecule has 0 bridgehead atoms. The van der Waals surface area contributed by atoms with Gasteiger partial charge in [-0.1, -0.05) is 6.07 Å². The fourth-order valence-electron chi connectivity index (χ4n) is 0.787. The molecule has 4 heteroatoms. The maximum absolute atomic E-state index is 9.26. The number of para-hydroxylation sites is 1. The fourth-order valence-corrected chi connectivity index (χ4v) is 0.787. The molecule has 0 aliphatic carbocycles. The summed E-state index contributed by atoms with van der Waals surface area (Å²) in [5, 5.41) is 22.0. The highest BCUT2D eigenvalue weighted by atomic mass is 16.3. The minimum absolute atomic E-state index is 0.143. The average Bonchev–Trinajstić information content (AvgIpc) is 2.08. The number of hydrogen-bond donors (Lipinski definition) is 3. The molecule has 0 radical (unpaired) electrons. The summed E-state index contributed by atoms with van der Waals surface area (Å²) in [5.41, 5.74) is 3.02. The molecule has 0 fully saturated rings. The summed E-state index contributed by atoms with van der Waals surface area (Å²) in [6.07, 6.45) is 1.43. The third kappa shape index (κ3) is 1.66. The fraction of sp³-hybridized carbons (Fsp3) is 0.125. The van der Waals surface area contributed by atoms with E-state index in [2.05, 4.69) is 10.5 Å². The van der Waals surface area contributed by atoms with Gasteiger partial charge in [-0.15, -0.1) is 0 Å². The lowest BCUT2D eigenvalue weighted by Crippen LogP contribution is -1.94. The molecule has 12 heavy (non-hydrogen) atoms. The summed E-state index contributed by atoms with van der Waals surface area (Å²) in [6, 6.07) is 4.69. The van der Waals surface area contributed by atoms with E-state index in [-0.39, 0.29) is 11.5 Å². The van der Waals surface area contributed by atoms with Gasteiger partial charge in [-0.2, -0.15) is 5.10 Å². The van der Waals surface area contributed by atoms with Crippen molar-refractivity contribution in [2.75, 3.05) is 7.05 Å². The highest BCUT2D eigenvalue weighted by molar-refractivity contribution is 5.84. The van der Waals surface area contributed by atoms with Crippen LogP contribution in [0.1, 0.15) is 5.56 Å². The Labute approximate surface area is 70.2 Å². The molecular weight excluding hydrogens is 156 g/mol.